The molecule has 0 atom stereocenters. The van der Waals surface area contributed by atoms with Crippen molar-refractivity contribution in [3.63, 3.8) is 0 Å². The van der Waals surface area contributed by atoms with Gasteiger partial charge in [-0.05, 0) is 6.42 Å². The summed E-state index contributed by atoms with van der Waals surface area (Å²) >= 11 is 0. The van der Waals surface area contributed by atoms with Gasteiger partial charge in [-0.2, -0.15) is 13.2 Å². The number of aryl methyl sites for hydroxylation is 2. The lowest BCUT2D eigenvalue weighted by Gasteiger charge is -2.08. The molecule has 0 amide bonds. The van der Waals surface area contributed by atoms with Crippen molar-refractivity contribution in [1.82, 2.24) is 4.98 Å². The fraction of sp³-hybridized carbons (Fsp3) is 0.625. The van der Waals surface area contributed by atoms with E-state index >= 15 is 0 Å². The lowest BCUT2D eigenvalue weighted by atomic mass is 10.3. The number of hydrogen-bond acceptors (Lipinski definition) is 3. The van der Waals surface area contributed by atoms with E-state index in [4.69, 9.17) is 13.0 Å². The number of nitrogens with one attached hydrogen (secondary N) is 1. The summed E-state index contributed by atoms with van der Waals surface area (Å²) in [6.45, 7) is 2.18. The van der Waals surface area contributed by atoms with Gasteiger partial charge in [0.2, 0.25) is 0 Å². The van der Waals surface area contributed by atoms with E-state index in [2.05, 4.69) is 23.5 Å². The van der Waals surface area contributed by atoms with E-state index in [1.807, 2.05) is 12.4 Å². The lowest BCUT2D eigenvalue weighted by Crippen LogP contribution is -2.30. The zero-order chi connectivity index (χ0) is 13.7. The molecule has 0 aromatic carbocycles. The summed E-state index contributed by atoms with van der Waals surface area (Å²) in [5, 5.41) is 0. The zero-order valence-electron chi connectivity index (χ0n) is 9.28. The molecule has 0 spiro atoms. The number of halogens is 3. The van der Waals surface area contributed by atoms with Gasteiger partial charge >= 0.3 is 5.51 Å². The maximum atomic E-state index is 10.7. The van der Waals surface area contributed by atoms with Crippen LogP contribution in [0.2, 0.25) is 0 Å². The molecule has 0 saturated heterocycles. The van der Waals surface area contributed by atoms with Gasteiger partial charge < -0.3 is 4.55 Å². The van der Waals surface area contributed by atoms with Gasteiger partial charge in [0.15, 0.2) is 10.1 Å². The third-order valence-corrected chi connectivity index (χ3v) is 2.31. The van der Waals surface area contributed by atoms with Gasteiger partial charge in [-0.3, -0.25) is 0 Å². The first-order valence-corrected chi connectivity index (χ1v) is 6.04. The Balaban J connectivity index is 0.000000304. The number of nitrogens with zero attached hydrogens (tertiary/aromatic N) is 1. The predicted octanol–water partition coefficient (Wildman–Crippen LogP) is 0.843. The van der Waals surface area contributed by atoms with E-state index in [0.717, 1.165) is 6.42 Å². The van der Waals surface area contributed by atoms with Crippen LogP contribution >= 0.6 is 0 Å². The molecule has 9 heteroatoms. The van der Waals surface area contributed by atoms with Gasteiger partial charge in [-0.1, -0.05) is 6.92 Å². The Hall–Kier alpha value is -1.09. The molecule has 1 aromatic rings. The Kier molecular flexibility index (Phi) is 5.62. The second-order valence-corrected chi connectivity index (χ2v) is 4.54. The number of hydrogen-bond donors (Lipinski definition) is 1. The van der Waals surface area contributed by atoms with Gasteiger partial charge in [0.25, 0.3) is 5.82 Å². The van der Waals surface area contributed by atoms with Crippen LogP contribution in [0.25, 0.3) is 0 Å². The number of alkyl halides is 3. The molecule has 17 heavy (non-hydrogen) atoms. The highest BCUT2D eigenvalue weighted by molar-refractivity contribution is 7.86. The van der Waals surface area contributed by atoms with E-state index in [9.17, 15) is 13.2 Å². The van der Waals surface area contributed by atoms with Crippen LogP contribution in [0.3, 0.4) is 0 Å². The first kappa shape index (κ1) is 15.9. The van der Waals surface area contributed by atoms with E-state index < -0.39 is 15.6 Å². The summed E-state index contributed by atoms with van der Waals surface area (Å²) < 4.78 is 61.0. The van der Waals surface area contributed by atoms with Crippen molar-refractivity contribution >= 4 is 10.1 Å². The van der Waals surface area contributed by atoms with Crippen molar-refractivity contribution in [1.29, 1.82) is 0 Å². The van der Waals surface area contributed by atoms with Crippen LogP contribution in [0, 0.1) is 0 Å². The molecule has 1 N–H and O–H groups in total. The normalized spacial score (nSPS) is 11.9. The quantitative estimate of drug-likeness (QED) is 0.493. The SMILES string of the molecule is CCCc1[nH]cc[n+]1C.O=S(=O)([O-])C(F)(F)F. The van der Waals surface area contributed by atoms with Gasteiger partial charge in [0.05, 0.1) is 7.05 Å². The molecule has 0 fully saturated rings. The highest BCUT2D eigenvalue weighted by atomic mass is 32.2. The third-order valence-electron chi connectivity index (χ3n) is 1.74. The summed E-state index contributed by atoms with van der Waals surface area (Å²) in [6.07, 6.45) is 6.34. The summed E-state index contributed by atoms with van der Waals surface area (Å²) in [6, 6.07) is 0. The maximum Gasteiger partial charge on any atom is 0.485 e. The minimum atomic E-state index is -6.09. The summed E-state index contributed by atoms with van der Waals surface area (Å²) in [5.41, 5.74) is -5.65. The third kappa shape index (κ3) is 5.68. The molecule has 1 heterocycles. The van der Waals surface area contributed by atoms with Crippen LogP contribution < -0.4 is 4.57 Å². The van der Waals surface area contributed by atoms with Crippen LogP contribution in [0.15, 0.2) is 12.4 Å². The Bertz CT molecular complexity index is 439. The van der Waals surface area contributed by atoms with Gasteiger partial charge in [0.1, 0.15) is 12.4 Å². The van der Waals surface area contributed by atoms with Crippen molar-refractivity contribution in [3.05, 3.63) is 18.2 Å². The van der Waals surface area contributed by atoms with Crippen molar-refractivity contribution < 1.29 is 30.7 Å². The Morgan fingerprint density at radius 1 is 1.47 bits per heavy atom. The summed E-state index contributed by atoms with van der Waals surface area (Å²) in [5.74, 6) is 1.30. The number of aromatic amines is 1. The van der Waals surface area contributed by atoms with Crippen LogP contribution in [0.5, 0.6) is 0 Å². The number of aromatic nitrogens is 2. The van der Waals surface area contributed by atoms with Crippen LogP contribution in [-0.4, -0.2) is 23.5 Å². The molecular formula is C8H13F3N2O3S. The molecular weight excluding hydrogens is 261 g/mol. The monoisotopic (exact) mass is 274 g/mol. The molecule has 0 bridgehead atoms. The number of rotatable bonds is 2. The first-order valence-electron chi connectivity index (χ1n) is 4.63. The maximum absolute atomic E-state index is 10.7. The van der Waals surface area contributed by atoms with E-state index in [-0.39, 0.29) is 0 Å². The van der Waals surface area contributed by atoms with Crippen molar-refractivity contribution in [3.8, 4) is 0 Å². The van der Waals surface area contributed by atoms with Gasteiger partial charge in [-0.15, -0.1) is 0 Å². The molecule has 5 nitrogen and oxygen atoms in total. The summed E-state index contributed by atoms with van der Waals surface area (Å²) in [4.78, 5) is 3.17. The molecule has 0 aliphatic carbocycles. The predicted molar refractivity (Wildman–Crippen MR) is 51.7 cm³/mol. The minimum absolute atomic E-state index is 1.14. The standard InChI is InChI=1S/C7H12N2.CHF3O3S/c1-3-4-7-8-5-6-9(7)2;2-1(3,4)8(5,6)7/h5-6H,3-4H2,1-2H3;(H,5,6,7). The smallest absolute Gasteiger partial charge is 0.485 e. The second-order valence-electron chi connectivity index (χ2n) is 3.17. The highest BCUT2D eigenvalue weighted by Crippen LogP contribution is 2.20. The average Bonchev–Trinajstić information content (AvgIpc) is 2.50. The molecule has 1 aromatic heterocycles. The number of H-pyrrole nitrogens is 1. The average molecular weight is 274 g/mol. The van der Waals surface area contributed by atoms with Crippen molar-refractivity contribution in [2.24, 2.45) is 7.05 Å². The van der Waals surface area contributed by atoms with E-state index in [1.54, 1.807) is 0 Å². The summed E-state index contributed by atoms with van der Waals surface area (Å²) in [7, 11) is -4.03. The lowest BCUT2D eigenvalue weighted by molar-refractivity contribution is -0.677. The molecule has 0 unspecified atom stereocenters. The van der Waals surface area contributed by atoms with Crippen LogP contribution in [0.1, 0.15) is 19.2 Å². The molecule has 100 valence electrons. The second kappa shape index (κ2) is 6.01. The molecule has 0 aliphatic rings. The van der Waals surface area contributed by atoms with E-state index in [0.29, 0.717) is 0 Å². The first-order chi connectivity index (χ1) is 7.59. The van der Waals surface area contributed by atoms with Crippen LogP contribution in [-0.2, 0) is 23.6 Å². The fourth-order valence-electron chi connectivity index (χ4n) is 0.922. The van der Waals surface area contributed by atoms with Gasteiger partial charge in [-0.25, -0.2) is 18.0 Å². The molecule has 0 saturated carbocycles. The van der Waals surface area contributed by atoms with Crippen molar-refractivity contribution in [2.75, 3.05) is 0 Å². The largest absolute Gasteiger partial charge is 0.741 e. The minimum Gasteiger partial charge on any atom is -0.741 e. The number of imidazole rings is 1. The Morgan fingerprint density at radius 3 is 2.18 bits per heavy atom. The molecule has 0 radical (unpaired) electrons. The Morgan fingerprint density at radius 2 is 1.94 bits per heavy atom. The molecule has 0 aliphatic heterocycles. The Labute approximate surface area is 97.0 Å². The van der Waals surface area contributed by atoms with Gasteiger partial charge in [0, 0.05) is 6.42 Å². The van der Waals surface area contributed by atoms with E-state index in [1.165, 1.54) is 12.2 Å². The molecule has 1 rings (SSSR count). The topological polar surface area (TPSA) is 76.9 Å². The van der Waals surface area contributed by atoms with Crippen molar-refractivity contribution in [2.45, 2.75) is 25.3 Å². The fourth-order valence-corrected chi connectivity index (χ4v) is 0.922. The van der Waals surface area contributed by atoms with Crippen LogP contribution in [0.4, 0.5) is 13.2 Å². The zero-order valence-corrected chi connectivity index (χ0v) is 10.1. The highest BCUT2D eigenvalue weighted by Gasteiger charge is 2.36.